The minimum absolute atomic E-state index is 0.00463. The Bertz CT molecular complexity index is 105. The van der Waals surface area contributed by atoms with Crippen molar-refractivity contribution in [1.29, 1.82) is 0 Å². The Balaban J connectivity index is 2.32. The van der Waals surface area contributed by atoms with Gasteiger partial charge in [0.1, 0.15) is 0 Å². The van der Waals surface area contributed by atoms with Crippen molar-refractivity contribution in [3.05, 3.63) is 0 Å². The lowest BCUT2D eigenvalue weighted by Crippen LogP contribution is -2.15. The lowest BCUT2D eigenvalue weighted by molar-refractivity contribution is -0.145. The van der Waals surface area contributed by atoms with E-state index >= 15 is 0 Å². The zero-order valence-corrected chi connectivity index (χ0v) is 5.42. The molecule has 1 aliphatic heterocycles. The van der Waals surface area contributed by atoms with Gasteiger partial charge in [0.2, 0.25) is 0 Å². The molecule has 1 rings (SSSR count). The molecule has 0 aromatic carbocycles. The molecular formula is C6H10O3. The second-order valence-corrected chi connectivity index (χ2v) is 2.08. The molecule has 9 heavy (non-hydrogen) atoms. The molecule has 3 nitrogen and oxygen atoms in total. The van der Waals surface area contributed by atoms with Gasteiger partial charge < -0.3 is 9.47 Å². The highest BCUT2D eigenvalue weighted by atomic mass is 16.5. The monoisotopic (exact) mass is 130 g/mol. The van der Waals surface area contributed by atoms with Crippen molar-refractivity contribution in [2.45, 2.75) is 6.42 Å². The zero-order chi connectivity index (χ0) is 6.69. The van der Waals surface area contributed by atoms with Gasteiger partial charge in [-0.05, 0) is 6.42 Å². The first-order valence-corrected chi connectivity index (χ1v) is 3.00. The maximum Gasteiger partial charge on any atom is 0.311 e. The minimum atomic E-state index is -0.146. The van der Waals surface area contributed by atoms with Gasteiger partial charge in [-0.15, -0.1) is 0 Å². The van der Waals surface area contributed by atoms with Crippen molar-refractivity contribution in [2.24, 2.45) is 5.92 Å². The summed E-state index contributed by atoms with van der Waals surface area (Å²) < 4.78 is 9.49. The van der Waals surface area contributed by atoms with Crippen LogP contribution in [0.5, 0.6) is 0 Å². The smallest absolute Gasteiger partial charge is 0.311 e. The Hall–Kier alpha value is -0.570. The van der Waals surface area contributed by atoms with Crippen LogP contribution in [-0.2, 0) is 14.3 Å². The summed E-state index contributed by atoms with van der Waals surface area (Å²) in [7, 11) is 1.40. The fourth-order valence-corrected chi connectivity index (χ4v) is 0.887. The van der Waals surface area contributed by atoms with E-state index < -0.39 is 0 Å². The molecule has 0 aliphatic carbocycles. The third-order valence-electron chi connectivity index (χ3n) is 1.46. The highest BCUT2D eigenvalue weighted by molar-refractivity contribution is 5.72. The van der Waals surface area contributed by atoms with E-state index in [2.05, 4.69) is 4.74 Å². The van der Waals surface area contributed by atoms with E-state index in [1.807, 2.05) is 0 Å². The Labute approximate surface area is 53.9 Å². The molecule has 1 atom stereocenters. The molecule has 1 aliphatic rings. The summed E-state index contributed by atoms with van der Waals surface area (Å²) >= 11 is 0. The van der Waals surface area contributed by atoms with Gasteiger partial charge in [-0.25, -0.2) is 0 Å². The predicted molar refractivity (Wildman–Crippen MR) is 30.9 cm³/mol. The van der Waals surface area contributed by atoms with E-state index in [9.17, 15) is 4.79 Å². The van der Waals surface area contributed by atoms with Crippen molar-refractivity contribution >= 4 is 5.97 Å². The number of hydrogen-bond acceptors (Lipinski definition) is 3. The molecular weight excluding hydrogens is 120 g/mol. The molecule has 0 spiro atoms. The van der Waals surface area contributed by atoms with Crippen LogP contribution in [0.25, 0.3) is 0 Å². The first-order chi connectivity index (χ1) is 4.34. The number of rotatable bonds is 1. The van der Waals surface area contributed by atoms with Gasteiger partial charge >= 0.3 is 5.97 Å². The van der Waals surface area contributed by atoms with Crippen molar-refractivity contribution in [2.75, 3.05) is 20.3 Å². The summed E-state index contributed by atoms with van der Waals surface area (Å²) in [5.74, 6) is -0.150. The summed E-state index contributed by atoms with van der Waals surface area (Å²) in [6, 6.07) is 0. The van der Waals surface area contributed by atoms with E-state index in [0.717, 1.165) is 6.42 Å². The van der Waals surface area contributed by atoms with Crippen LogP contribution in [0.15, 0.2) is 0 Å². The van der Waals surface area contributed by atoms with Crippen molar-refractivity contribution in [3.8, 4) is 0 Å². The molecule has 0 amide bonds. The van der Waals surface area contributed by atoms with E-state index in [-0.39, 0.29) is 11.9 Å². The summed E-state index contributed by atoms with van der Waals surface area (Å²) in [5.41, 5.74) is 0. The largest absolute Gasteiger partial charge is 0.469 e. The molecule has 0 N–H and O–H groups in total. The SMILES string of the molecule is COC(=O)[C@@H]1CCOC1. The van der Waals surface area contributed by atoms with Crippen LogP contribution in [0.2, 0.25) is 0 Å². The Morgan fingerprint density at radius 2 is 2.56 bits per heavy atom. The summed E-state index contributed by atoms with van der Waals surface area (Å²) in [6.07, 6.45) is 0.812. The van der Waals surface area contributed by atoms with Crippen LogP contribution in [0.1, 0.15) is 6.42 Å². The van der Waals surface area contributed by atoms with E-state index in [1.54, 1.807) is 0 Å². The number of methoxy groups -OCH3 is 1. The highest BCUT2D eigenvalue weighted by Crippen LogP contribution is 2.12. The van der Waals surface area contributed by atoms with Crippen molar-refractivity contribution in [3.63, 3.8) is 0 Å². The molecule has 0 unspecified atom stereocenters. The maximum atomic E-state index is 10.7. The van der Waals surface area contributed by atoms with Crippen LogP contribution in [0.4, 0.5) is 0 Å². The molecule has 0 aromatic rings. The van der Waals surface area contributed by atoms with Crippen LogP contribution < -0.4 is 0 Å². The molecule has 52 valence electrons. The second kappa shape index (κ2) is 2.82. The average molecular weight is 130 g/mol. The number of carbonyl (C=O) groups is 1. The van der Waals surface area contributed by atoms with Gasteiger partial charge in [-0.1, -0.05) is 0 Å². The van der Waals surface area contributed by atoms with Gasteiger partial charge in [-0.2, -0.15) is 0 Å². The average Bonchev–Trinajstić information content (AvgIpc) is 2.37. The van der Waals surface area contributed by atoms with Crippen LogP contribution in [0, 0.1) is 5.92 Å². The molecule has 1 heterocycles. The van der Waals surface area contributed by atoms with E-state index in [1.165, 1.54) is 7.11 Å². The molecule has 0 aromatic heterocycles. The molecule has 0 radical (unpaired) electrons. The van der Waals surface area contributed by atoms with Gasteiger partial charge in [0.05, 0.1) is 19.6 Å². The number of carbonyl (C=O) groups excluding carboxylic acids is 1. The van der Waals surface area contributed by atoms with E-state index in [0.29, 0.717) is 13.2 Å². The van der Waals surface area contributed by atoms with Gasteiger partial charge in [0.15, 0.2) is 0 Å². The van der Waals surface area contributed by atoms with Crippen LogP contribution >= 0.6 is 0 Å². The normalized spacial score (nSPS) is 26.1. The van der Waals surface area contributed by atoms with Crippen molar-refractivity contribution in [1.82, 2.24) is 0 Å². The lowest BCUT2D eigenvalue weighted by Gasteiger charge is -2.01. The Kier molecular flexibility index (Phi) is 2.05. The topological polar surface area (TPSA) is 35.5 Å². The highest BCUT2D eigenvalue weighted by Gasteiger charge is 2.23. The standard InChI is InChI=1S/C6H10O3/c1-8-6(7)5-2-3-9-4-5/h5H,2-4H2,1H3/t5-/m1/s1. The fraction of sp³-hybridized carbons (Fsp3) is 0.833. The maximum absolute atomic E-state index is 10.7. The number of ether oxygens (including phenoxy) is 2. The molecule has 1 saturated heterocycles. The molecule has 0 bridgehead atoms. The molecule has 1 fully saturated rings. The van der Waals surface area contributed by atoms with Gasteiger partial charge in [0.25, 0.3) is 0 Å². The van der Waals surface area contributed by atoms with Crippen LogP contribution in [0.3, 0.4) is 0 Å². The van der Waals surface area contributed by atoms with Gasteiger partial charge in [-0.3, -0.25) is 4.79 Å². The first kappa shape index (κ1) is 6.55. The third-order valence-corrected chi connectivity index (χ3v) is 1.46. The van der Waals surface area contributed by atoms with Gasteiger partial charge in [0, 0.05) is 6.61 Å². The third kappa shape index (κ3) is 1.42. The first-order valence-electron chi connectivity index (χ1n) is 3.00. The number of esters is 1. The summed E-state index contributed by atoms with van der Waals surface area (Å²) in [5, 5.41) is 0. The summed E-state index contributed by atoms with van der Waals surface area (Å²) in [6.45, 7) is 1.23. The Morgan fingerprint density at radius 1 is 1.78 bits per heavy atom. The molecule has 3 heteroatoms. The lowest BCUT2D eigenvalue weighted by atomic mass is 10.1. The van der Waals surface area contributed by atoms with E-state index in [4.69, 9.17) is 4.74 Å². The van der Waals surface area contributed by atoms with Crippen LogP contribution in [-0.4, -0.2) is 26.3 Å². The zero-order valence-electron chi connectivity index (χ0n) is 5.42. The molecule has 0 saturated carbocycles. The fourth-order valence-electron chi connectivity index (χ4n) is 0.887. The second-order valence-electron chi connectivity index (χ2n) is 2.08. The summed E-state index contributed by atoms with van der Waals surface area (Å²) in [4.78, 5) is 10.7. The number of hydrogen-bond donors (Lipinski definition) is 0. The minimum Gasteiger partial charge on any atom is -0.469 e. The Morgan fingerprint density at radius 3 is 3.00 bits per heavy atom. The quantitative estimate of drug-likeness (QED) is 0.475. The predicted octanol–water partition coefficient (Wildman–Crippen LogP) is 0.196. The van der Waals surface area contributed by atoms with Crippen molar-refractivity contribution < 1.29 is 14.3 Å².